The van der Waals surface area contributed by atoms with Gasteiger partial charge in [-0.2, -0.15) is 0 Å². The molecule has 2 nitrogen and oxygen atoms in total. The molecule has 3 heteroatoms. The number of rotatable bonds is 2. The van der Waals surface area contributed by atoms with Gasteiger partial charge in [0.15, 0.2) is 0 Å². The molecular formula is C10H11FN2. The molecule has 0 saturated heterocycles. The number of nitrogens with one attached hydrogen (secondary N) is 1. The first-order chi connectivity index (χ1) is 6.34. The number of nitrogens with zero attached hydrogens (tertiary/aromatic N) is 1. The summed E-state index contributed by atoms with van der Waals surface area (Å²) in [6.45, 7) is 1.65. The van der Waals surface area contributed by atoms with Gasteiger partial charge in [0.1, 0.15) is 5.82 Å². The van der Waals surface area contributed by atoms with Gasteiger partial charge < -0.3 is 10.2 Å². The Hall–Kier alpha value is -1.51. The number of hydrogen-bond acceptors (Lipinski definition) is 2. The third-order valence-electron chi connectivity index (χ3n) is 2.00. The predicted molar refractivity (Wildman–Crippen MR) is 49.1 cm³/mol. The molecule has 2 rings (SSSR count). The maximum absolute atomic E-state index is 12.6. The number of hydrogen-bond donors (Lipinski definition) is 1. The van der Waals surface area contributed by atoms with Gasteiger partial charge in [-0.3, -0.25) is 0 Å². The van der Waals surface area contributed by atoms with Crippen molar-refractivity contribution in [3.63, 3.8) is 0 Å². The summed E-state index contributed by atoms with van der Waals surface area (Å²) in [6, 6.07) is 6.59. The molecule has 0 amide bonds. The molecule has 0 aromatic heterocycles. The topological polar surface area (TPSA) is 15.3 Å². The lowest BCUT2D eigenvalue weighted by Gasteiger charge is -2.14. The first-order valence-corrected chi connectivity index (χ1v) is 4.23. The lowest BCUT2D eigenvalue weighted by Crippen LogP contribution is -2.19. The smallest absolute Gasteiger partial charge is 0.123 e. The van der Waals surface area contributed by atoms with Gasteiger partial charge in [0.05, 0.1) is 6.67 Å². The van der Waals surface area contributed by atoms with Gasteiger partial charge >= 0.3 is 0 Å². The number of halogens is 1. The molecule has 1 aromatic rings. The molecule has 0 bridgehead atoms. The highest BCUT2D eigenvalue weighted by molar-refractivity contribution is 5.16. The molecule has 0 radical (unpaired) electrons. The summed E-state index contributed by atoms with van der Waals surface area (Å²) in [4.78, 5) is 2.12. The van der Waals surface area contributed by atoms with Crippen molar-refractivity contribution in [2.75, 3.05) is 6.67 Å². The highest BCUT2D eigenvalue weighted by atomic mass is 19.1. The molecule has 0 fully saturated rings. The fourth-order valence-electron chi connectivity index (χ4n) is 1.31. The van der Waals surface area contributed by atoms with E-state index in [1.54, 1.807) is 0 Å². The molecule has 0 saturated carbocycles. The van der Waals surface area contributed by atoms with E-state index in [1.165, 1.54) is 12.1 Å². The summed E-state index contributed by atoms with van der Waals surface area (Å²) in [6.07, 6.45) is 3.90. The molecule has 13 heavy (non-hydrogen) atoms. The molecule has 1 aromatic carbocycles. The zero-order valence-corrected chi connectivity index (χ0v) is 7.20. The summed E-state index contributed by atoms with van der Waals surface area (Å²) in [7, 11) is 0. The van der Waals surface area contributed by atoms with Gasteiger partial charge in [0.25, 0.3) is 0 Å². The largest absolute Gasteiger partial charge is 0.373 e. The van der Waals surface area contributed by atoms with Crippen LogP contribution < -0.4 is 5.32 Å². The predicted octanol–water partition coefficient (Wildman–Crippen LogP) is 1.66. The van der Waals surface area contributed by atoms with E-state index in [2.05, 4.69) is 10.2 Å². The SMILES string of the molecule is Fc1ccc(CN2C=CNC2)cc1. The van der Waals surface area contributed by atoms with E-state index >= 15 is 0 Å². The Kier molecular flexibility index (Phi) is 2.17. The van der Waals surface area contributed by atoms with Gasteiger partial charge in [-0.15, -0.1) is 0 Å². The van der Waals surface area contributed by atoms with Crippen LogP contribution in [0, 0.1) is 5.82 Å². The number of benzene rings is 1. The third kappa shape index (κ3) is 1.99. The van der Waals surface area contributed by atoms with Crippen LogP contribution in [0.5, 0.6) is 0 Å². The van der Waals surface area contributed by atoms with Gasteiger partial charge in [0, 0.05) is 18.9 Å². The van der Waals surface area contributed by atoms with Crippen LogP contribution in [0.4, 0.5) is 4.39 Å². The van der Waals surface area contributed by atoms with Gasteiger partial charge in [-0.25, -0.2) is 4.39 Å². The summed E-state index contributed by atoms with van der Waals surface area (Å²) >= 11 is 0. The van der Waals surface area contributed by atoms with Crippen LogP contribution in [-0.4, -0.2) is 11.6 Å². The molecule has 0 unspecified atom stereocenters. The summed E-state index contributed by atoms with van der Waals surface area (Å²) in [5, 5.41) is 3.08. The average molecular weight is 178 g/mol. The van der Waals surface area contributed by atoms with Gasteiger partial charge in [-0.05, 0) is 17.7 Å². The van der Waals surface area contributed by atoms with Crippen LogP contribution in [0.15, 0.2) is 36.7 Å². The standard InChI is InChI=1S/C10H11FN2/c11-10-3-1-9(2-4-10)7-13-6-5-12-8-13/h1-6,12H,7-8H2. The van der Waals surface area contributed by atoms with Gasteiger partial charge in [-0.1, -0.05) is 12.1 Å². The van der Waals surface area contributed by atoms with E-state index in [0.29, 0.717) is 0 Å². The quantitative estimate of drug-likeness (QED) is 0.741. The van der Waals surface area contributed by atoms with Crippen LogP contribution >= 0.6 is 0 Å². The normalized spacial score (nSPS) is 14.7. The van der Waals surface area contributed by atoms with Crippen LogP contribution in [0.3, 0.4) is 0 Å². The van der Waals surface area contributed by atoms with E-state index in [9.17, 15) is 4.39 Å². The zero-order valence-electron chi connectivity index (χ0n) is 7.20. The Labute approximate surface area is 76.7 Å². The summed E-state index contributed by atoms with van der Waals surface area (Å²) in [5.74, 6) is -0.182. The molecule has 0 atom stereocenters. The van der Waals surface area contributed by atoms with Crippen LogP contribution in [0.25, 0.3) is 0 Å². The molecule has 68 valence electrons. The minimum absolute atomic E-state index is 0.182. The fraction of sp³-hybridized carbons (Fsp3) is 0.200. The maximum Gasteiger partial charge on any atom is 0.123 e. The Balaban J connectivity index is 2.01. The van der Waals surface area contributed by atoms with E-state index in [1.807, 2.05) is 24.5 Å². The zero-order chi connectivity index (χ0) is 9.10. The first kappa shape index (κ1) is 8.10. The second-order valence-corrected chi connectivity index (χ2v) is 3.05. The molecule has 1 N–H and O–H groups in total. The monoisotopic (exact) mass is 178 g/mol. The molecule has 0 spiro atoms. The maximum atomic E-state index is 12.6. The summed E-state index contributed by atoms with van der Waals surface area (Å²) < 4.78 is 12.6. The second kappa shape index (κ2) is 3.47. The average Bonchev–Trinajstić information content (AvgIpc) is 2.62. The van der Waals surface area contributed by atoms with Crippen molar-refractivity contribution in [3.8, 4) is 0 Å². The van der Waals surface area contributed by atoms with Crippen molar-refractivity contribution in [2.45, 2.75) is 6.54 Å². The van der Waals surface area contributed by atoms with Crippen molar-refractivity contribution in [1.82, 2.24) is 10.2 Å². The van der Waals surface area contributed by atoms with Crippen LogP contribution in [0.2, 0.25) is 0 Å². The van der Waals surface area contributed by atoms with Crippen molar-refractivity contribution >= 4 is 0 Å². The molecule has 1 heterocycles. The molecule has 1 aliphatic rings. The lowest BCUT2D eigenvalue weighted by molar-refractivity contribution is 0.385. The molecule has 0 aliphatic carbocycles. The van der Waals surface area contributed by atoms with Crippen molar-refractivity contribution < 1.29 is 4.39 Å². The Morgan fingerprint density at radius 3 is 2.69 bits per heavy atom. The van der Waals surface area contributed by atoms with Crippen molar-refractivity contribution in [3.05, 3.63) is 48.0 Å². The van der Waals surface area contributed by atoms with Gasteiger partial charge in [0.2, 0.25) is 0 Å². The highest BCUT2D eigenvalue weighted by Crippen LogP contribution is 2.07. The third-order valence-corrected chi connectivity index (χ3v) is 2.00. The molecule has 1 aliphatic heterocycles. The van der Waals surface area contributed by atoms with Crippen LogP contribution in [0.1, 0.15) is 5.56 Å². The minimum atomic E-state index is -0.182. The second-order valence-electron chi connectivity index (χ2n) is 3.05. The Bertz CT molecular complexity index is 305. The first-order valence-electron chi connectivity index (χ1n) is 4.23. The lowest BCUT2D eigenvalue weighted by atomic mass is 10.2. The van der Waals surface area contributed by atoms with Crippen molar-refractivity contribution in [1.29, 1.82) is 0 Å². The minimum Gasteiger partial charge on any atom is -0.373 e. The van der Waals surface area contributed by atoms with Crippen molar-refractivity contribution in [2.24, 2.45) is 0 Å². The van der Waals surface area contributed by atoms with E-state index < -0.39 is 0 Å². The Morgan fingerprint density at radius 1 is 1.31 bits per heavy atom. The summed E-state index contributed by atoms with van der Waals surface area (Å²) in [5.41, 5.74) is 1.12. The van der Waals surface area contributed by atoms with Crippen LogP contribution in [-0.2, 0) is 6.54 Å². The van der Waals surface area contributed by atoms with E-state index in [-0.39, 0.29) is 5.82 Å². The van der Waals surface area contributed by atoms with E-state index in [4.69, 9.17) is 0 Å². The Morgan fingerprint density at radius 2 is 2.08 bits per heavy atom. The highest BCUT2D eigenvalue weighted by Gasteiger charge is 2.03. The fourth-order valence-corrected chi connectivity index (χ4v) is 1.31. The molecular weight excluding hydrogens is 167 g/mol. The van der Waals surface area contributed by atoms with E-state index in [0.717, 1.165) is 18.8 Å².